The molecular formula is C12H12ClNO3. The number of methoxy groups -OCH3 is 1. The molecule has 17 heavy (non-hydrogen) atoms. The summed E-state index contributed by atoms with van der Waals surface area (Å²) in [5.74, 6) is -0.807. The van der Waals surface area contributed by atoms with Gasteiger partial charge in [0.2, 0.25) is 5.91 Å². The zero-order valence-electron chi connectivity index (χ0n) is 9.49. The van der Waals surface area contributed by atoms with Gasteiger partial charge in [-0.15, -0.1) is 0 Å². The minimum atomic E-state index is -0.538. The Morgan fingerprint density at radius 1 is 1.29 bits per heavy atom. The first-order valence-electron chi connectivity index (χ1n) is 4.86. The molecule has 1 aromatic carbocycles. The monoisotopic (exact) mass is 253 g/mol. The highest BCUT2D eigenvalue weighted by Crippen LogP contribution is 2.15. The van der Waals surface area contributed by atoms with Crippen molar-refractivity contribution in [3.8, 4) is 0 Å². The number of esters is 1. The van der Waals surface area contributed by atoms with E-state index in [2.05, 4.69) is 10.1 Å². The van der Waals surface area contributed by atoms with Gasteiger partial charge in [-0.2, -0.15) is 0 Å². The van der Waals surface area contributed by atoms with E-state index in [1.807, 2.05) is 0 Å². The summed E-state index contributed by atoms with van der Waals surface area (Å²) in [6.07, 6.45) is 1.21. The minimum absolute atomic E-state index is 0.268. The highest BCUT2D eigenvalue weighted by atomic mass is 35.5. The maximum absolute atomic E-state index is 11.2. The molecule has 0 bridgehead atoms. The Labute approximate surface area is 104 Å². The van der Waals surface area contributed by atoms with Crippen LogP contribution >= 0.6 is 11.6 Å². The van der Waals surface area contributed by atoms with Crippen molar-refractivity contribution in [3.05, 3.63) is 40.9 Å². The lowest BCUT2D eigenvalue weighted by Crippen LogP contribution is -2.19. The smallest absolute Gasteiger partial charge is 0.332 e. The van der Waals surface area contributed by atoms with E-state index in [9.17, 15) is 9.59 Å². The van der Waals surface area contributed by atoms with Crippen LogP contribution < -0.4 is 5.32 Å². The molecule has 0 atom stereocenters. The molecule has 0 fully saturated rings. The Morgan fingerprint density at radius 3 is 2.35 bits per heavy atom. The second kappa shape index (κ2) is 6.06. The molecule has 4 nitrogen and oxygen atoms in total. The van der Waals surface area contributed by atoms with Crippen molar-refractivity contribution in [3.63, 3.8) is 0 Å². The molecule has 0 radical (unpaired) electrons. The molecule has 0 aliphatic carbocycles. The summed E-state index contributed by atoms with van der Waals surface area (Å²) in [7, 11) is 1.27. The number of hydrogen-bond donors (Lipinski definition) is 1. The maximum Gasteiger partial charge on any atom is 0.332 e. The van der Waals surface area contributed by atoms with Crippen LogP contribution in [0.4, 0.5) is 0 Å². The Kier molecular flexibility index (Phi) is 4.72. The fraction of sp³-hybridized carbons (Fsp3) is 0.167. The fourth-order valence-corrected chi connectivity index (χ4v) is 1.31. The minimum Gasteiger partial charge on any atom is -0.466 e. The van der Waals surface area contributed by atoms with Crippen LogP contribution in [-0.2, 0) is 14.3 Å². The van der Waals surface area contributed by atoms with Gasteiger partial charge in [-0.05, 0) is 17.7 Å². The van der Waals surface area contributed by atoms with Crippen molar-refractivity contribution in [2.24, 2.45) is 0 Å². The van der Waals surface area contributed by atoms with Gasteiger partial charge in [-0.1, -0.05) is 23.7 Å². The van der Waals surface area contributed by atoms with Gasteiger partial charge in [0.05, 0.1) is 12.8 Å². The molecule has 90 valence electrons. The molecule has 0 heterocycles. The van der Waals surface area contributed by atoms with E-state index in [0.717, 1.165) is 0 Å². The number of benzene rings is 1. The third kappa shape index (κ3) is 4.28. The summed E-state index contributed by atoms with van der Waals surface area (Å²) >= 11 is 5.76. The molecule has 0 saturated heterocycles. The number of ether oxygens (including phenoxy) is 1. The quantitative estimate of drug-likeness (QED) is 0.662. The number of nitrogens with one attached hydrogen (secondary N) is 1. The van der Waals surface area contributed by atoms with Gasteiger partial charge in [-0.3, -0.25) is 4.79 Å². The average Bonchev–Trinajstić information content (AvgIpc) is 2.28. The molecule has 0 saturated carbocycles. The first-order valence-corrected chi connectivity index (χ1v) is 5.24. The molecule has 0 aromatic heterocycles. The SMILES string of the molecule is COC(=O)/C=C(\NC(C)=O)c1ccc(Cl)cc1. The zero-order valence-corrected chi connectivity index (χ0v) is 10.2. The van der Waals surface area contributed by atoms with E-state index in [0.29, 0.717) is 16.3 Å². The Balaban J connectivity index is 3.05. The van der Waals surface area contributed by atoms with Gasteiger partial charge >= 0.3 is 5.97 Å². The summed E-state index contributed by atoms with van der Waals surface area (Å²) in [6, 6.07) is 6.74. The number of carbonyl (C=O) groups excluding carboxylic acids is 2. The molecule has 1 N–H and O–H groups in total. The third-order valence-corrected chi connectivity index (χ3v) is 2.18. The highest BCUT2D eigenvalue weighted by molar-refractivity contribution is 6.30. The van der Waals surface area contributed by atoms with Crippen molar-refractivity contribution in [1.29, 1.82) is 0 Å². The van der Waals surface area contributed by atoms with E-state index in [-0.39, 0.29) is 5.91 Å². The number of rotatable bonds is 3. The summed E-state index contributed by atoms with van der Waals surface area (Å²) < 4.78 is 4.51. The summed E-state index contributed by atoms with van der Waals surface area (Å²) in [4.78, 5) is 22.2. The summed E-state index contributed by atoms with van der Waals surface area (Å²) in [5.41, 5.74) is 1.05. The Hall–Kier alpha value is -1.81. The molecule has 1 aromatic rings. The van der Waals surface area contributed by atoms with Crippen LogP contribution in [-0.4, -0.2) is 19.0 Å². The molecule has 0 unspecified atom stereocenters. The summed E-state index contributed by atoms with van der Waals surface area (Å²) in [6.45, 7) is 1.36. The largest absolute Gasteiger partial charge is 0.466 e. The predicted molar refractivity (Wildman–Crippen MR) is 65.3 cm³/mol. The fourth-order valence-electron chi connectivity index (χ4n) is 1.19. The highest BCUT2D eigenvalue weighted by Gasteiger charge is 2.06. The molecule has 0 spiro atoms. The Bertz CT molecular complexity index is 451. The predicted octanol–water partition coefficient (Wildman–Crippen LogP) is 1.99. The van der Waals surface area contributed by atoms with Crippen LogP contribution in [0.3, 0.4) is 0 Å². The lowest BCUT2D eigenvalue weighted by molar-refractivity contribution is -0.134. The number of halogens is 1. The maximum atomic E-state index is 11.2. The van der Waals surface area contributed by atoms with E-state index >= 15 is 0 Å². The van der Waals surface area contributed by atoms with E-state index in [1.54, 1.807) is 24.3 Å². The van der Waals surface area contributed by atoms with Gasteiger partial charge in [0.15, 0.2) is 0 Å². The second-order valence-corrected chi connectivity index (χ2v) is 3.71. The molecular weight excluding hydrogens is 242 g/mol. The van der Waals surface area contributed by atoms with Crippen LogP contribution in [0.2, 0.25) is 5.02 Å². The molecule has 1 amide bonds. The van der Waals surface area contributed by atoms with Crippen LogP contribution in [0.5, 0.6) is 0 Å². The Morgan fingerprint density at radius 2 is 1.88 bits per heavy atom. The number of amides is 1. The van der Waals surface area contributed by atoms with Gasteiger partial charge in [0.1, 0.15) is 0 Å². The first-order chi connectivity index (χ1) is 8.02. The summed E-state index contributed by atoms with van der Waals surface area (Å²) in [5, 5.41) is 3.14. The van der Waals surface area contributed by atoms with Crippen molar-refractivity contribution in [1.82, 2.24) is 5.32 Å². The van der Waals surface area contributed by atoms with Crippen molar-refractivity contribution in [2.45, 2.75) is 6.92 Å². The van der Waals surface area contributed by atoms with Crippen LogP contribution in [0.25, 0.3) is 5.70 Å². The van der Waals surface area contributed by atoms with E-state index in [1.165, 1.54) is 20.1 Å². The van der Waals surface area contributed by atoms with Crippen LogP contribution in [0.15, 0.2) is 30.3 Å². The zero-order chi connectivity index (χ0) is 12.8. The lowest BCUT2D eigenvalue weighted by Gasteiger charge is -2.08. The topological polar surface area (TPSA) is 55.4 Å². The number of carbonyl (C=O) groups is 2. The average molecular weight is 254 g/mol. The normalized spacial score (nSPS) is 10.9. The first kappa shape index (κ1) is 13.3. The van der Waals surface area contributed by atoms with Crippen molar-refractivity contribution in [2.75, 3.05) is 7.11 Å². The van der Waals surface area contributed by atoms with Gasteiger partial charge in [-0.25, -0.2) is 4.79 Å². The molecule has 0 aliphatic rings. The lowest BCUT2D eigenvalue weighted by atomic mass is 10.1. The molecule has 0 aliphatic heterocycles. The van der Waals surface area contributed by atoms with E-state index in [4.69, 9.17) is 11.6 Å². The van der Waals surface area contributed by atoms with Crippen LogP contribution in [0.1, 0.15) is 12.5 Å². The van der Waals surface area contributed by atoms with Gasteiger partial charge < -0.3 is 10.1 Å². The van der Waals surface area contributed by atoms with Crippen molar-refractivity contribution < 1.29 is 14.3 Å². The molecule has 1 rings (SSSR count). The van der Waals surface area contributed by atoms with Gasteiger partial charge in [0, 0.05) is 18.0 Å². The van der Waals surface area contributed by atoms with E-state index < -0.39 is 5.97 Å². The van der Waals surface area contributed by atoms with Gasteiger partial charge in [0.25, 0.3) is 0 Å². The third-order valence-electron chi connectivity index (χ3n) is 1.93. The standard InChI is InChI=1S/C12H12ClNO3/c1-8(15)14-11(7-12(16)17-2)9-3-5-10(13)6-4-9/h3-7H,1-2H3,(H,14,15)/b11-7-. The number of hydrogen-bond acceptors (Lipinski definition) is 3. The van der Waals surface area contributed by atoms with Crippen LogP contribution in [0, 0.1) is 0 Å². The second-order valence-electron chi connectivity index (χ2n) is 3.27. The molecule has 5 heteroatoms. The van der Waals surface area contributed by atoms with Crippen molar-refractivity contribution >= 4 is 29.2 Å².